The van der Waals surface area contributed by atoms with E-state index < -0.39 is 0 Å². The van der Waals surface area contributed by atoms with Crippen LogP contribution in [0.4, 0.5) is 5.69 Å². The van der Waals surface area contributed by atoms with Crippen LogP contribution in [0.5, 0.6) is 0 Å². The van der Waals surface area contributed by atoms with Gasteiger partial charge < -0.3 is 9.64 Å². The van der Waals surface area contributed by atoms with E-state index in [-0.39, 0.29) is 11.9 Å². The summed E-state index contributed by atoms with van der Waals surface area (Å²) in [5.41, 5.74) is 2.53. The first-order chi connectivity index (χ1) is 8.61. The summed E-state index contributed by atoms with van der Waals surface area (Å²) in [5, 5.41) is 0. The topological polar surface area (TPSA) is 29.5 Å². The van der Waals surface area contributed by atoms with Crippen LogP contribution in [0.3, 0.4) is 0 Å². The number of anilines is 1. The van der Waals surface area contributed by atoms with Gasteiger partial charge in [0.2, 0.25) is 0 Å². The molecule has 1 aromatic rings. The van der Waals surface area contributed by atoms with Crippen molar-refractivity contribution in [1.82, 2.24) is 0 Å². The zero-order chi connectivity index (χ0) is 13.1. The van der Waals surface area contributed by atoms with Gasteiger partial charge in [-0.2, -0.15) is 0 Å². The molecule has 1 aliphatic heterocycles. The number of carbonyl (C=O) groups is 1. The molecule has 0 atom stereocenters. The van der Waals surface area contributed by atoms with Gasteiger partial charge in [0.1, 0.15) is 0 Å². The minimum absolute atomic E-state index is 0.0674. The van der Waals surface area contributed by atoms with Crippen molar-refractivity contribution in [1.29, 1.82) is 0 Å². The zero-order valence-electron chi connectivity index (χ0n) is 10.8. The number of hydrogen-bond acceptors (Lipinski definition) is 3. The highest BCUT2D eigenvalue weighted by molar-refractivity contribution is 9.10. The molecule has 0 spiro atoms. The summed E-state index contributed by atoms with van der Waals surface area (Å²) >= 11 is 3.48. The monoisotopic (exact) mass is 311 g/mol. The van der Waals surface area contributed by atoms with E-state index in [1.807, 2.05) is 0 Å². The Balaban J connectivity index is 2.03. The predicted octanol–water partition coefficient (Wildman–Crippen LogP) is 3.15. The van der Waals surface area contributed by atoms with Crippen LogP contribution in [-0.2, 0) is 9.53 Å². The molecule has 18 heavy (non-hydrogen) atoms. The van der Waals surface area contributed by atoms with Crippen molar-refractivity contribution in [2.75, 3.05) is 25.1 Å². The number of esters is 1. The fraction of sp³-hybridized carbons (Fsp3) is 0.500. The molecule has 0 N–H and O–H groups in total. The molecule has 1 heterocycles. The van der Waals surface area contributed by atoms with Gasteiger partial charge in [-0.25, -0.2) is 0 Å². The number of halogens is 1. The third kappa shape index (κ3) is 2.86. The molecule has 0 aromatic heterocycles. The smallest absolute Gasteiger partial charge is 0.308 e. The fourth-order valence-electron chi connectivity index (χ4n) is 2.50. The van der Waals surface area contributed by atoms with Crippen LogP contribution in [0, 0.1) is 12.8 Å². The molecule has 1 aliphatic rings. The van der Waals surface area contributed by atoms with E-state index in [0.717, 1.165) is 30.4 Å². The maximum atomic E-state index is 11.5. The van der Waals surface area contributed by atoms with Gasteiger partial charge in [0, 0.05) is 23.2 Å². The van der Waals surface area contributed by atoms with E-state index in [1.54, 1.807) is 0 Å². The van der Waals surface area contributed by atoms with E-state index in [0.29, 0.717) is 0 Å². The standard InChI is InChI=1S/C14H18BrNO2/c1-10-9-12(15)3-4-13(10)16-7-5-11(6-8-16)14(17)18-2/h3-4,9,11H,5-8H2,1-2H3. The third-order valence-corrected chi connectivity index (χ3v) is 4.02. The second-order valence-corrected chi connectivity index (χ2v) is 5.63. The number of carbonyl (C=O) groups excluding carboxylic acids is 1. The van der Waals surface area contributed by atoms with Crippen LogP contribution in [0.2, 0.25) is 0 Å². The van der Waals surface area contributed by atoms with Crippen LogP contribution in [0.1, 0.15) is 18.4 Å². The summed E-state index contributed by atoms with van der Waals surface area (Å²) < 4.78 is 5.91. The molecule has 0 radical (unpaired) electrons. The number of ether oxygens (including phenoxy) is 1. The van der Waals surface area contributed by atoms with Crippen molar-refractivity contribution in [2.24, 2.45) is 5.92 Å². The van der Waals surface area contributed by atoms with Gasteiger partial charge in [-0.1, -0.05) is 15.9 Å². The second kappa shape index (κ2) is 5.74. The molecule has 4 heteroatoms. The first-order valence-electron chi connectivity index (χ1n) is 6.20. The first-order valence-corrected chi connectivity index (χ1v) is 7.00. The molecular formula is C14H18BrNO2. The summed E-state index contributed by atoms with van der Waals surface area (Å²) in [6.07, 6.45) is 1.75. The van der Waals surface area contributed by atoms with E-state index in [4.69, 9.17) is 4.74 Å². The summed E-state index contributed by atoms with van der Waals surface area (Å²) in [6.45, 7) is 3.96. The molecule has 1 fully saturated rings. The zero-order valence-corrected chi connectivity index (χ0v) is 12.4. The average molecular weight is 312 g/mol. The summed E-state index contributed by atoms with van der Waals surface area (Å²) in [7, 11) is 1.47. The first kappa shape index (κ1) is 13.4. The normalized spacial score (nSPS) is 16.7. The van der Waals surface area contributed by atoms with Crippen molar-refractivity contribution in [3.05, 3.63) is 28.2 Å². The Kier molecular flexibility index (Phi) is 4.27. The molecule has 0 saturated carbocycles. The Morgan fingerprint density at radius 2 is 2.06 bits per heavy atom. The second-order valence-electron chi connectivity index (χ2n) is 4.72. The number of aryl methyl sites for hydroxylation is 1. The minimum Gasteiger partial charge on any atom is -0.469 e. The van der Waals surface area contributed by atoms with Crippen molar-refractivity contribution in [3.8, 4) is 0 Å². The van der Waals surface area contributed by atoms with Gasteiger partial charge in [-0.15, -0.1) is 0 Å². The number of hydrogen-bond donors (Lipinski definition) is 0. The van der Waals surface area contributed by atoms with Gasteiger partial charge in [-0.3, -0.25) is 4.79 Å². The molecule has 1 aromatic carbocycles. The lowest BCUT2D eigenvalue weighted by Gasteiger charge is -2.33. The summed E-state index contributed by atoms with van der Waals surface area (Å²) in [6, 6.07) is 6.33. The fourth-order valence-corrected chi connectivity index (χ4v) is 2.97. The molecule has 0 aliphatic carbocycles. The number of benzene rings is 1. The number of piperidine rings is 1. The lowest BCUT2D eigenvalue weighted by molar-refractivity contribution is -0.146. The lowest BCUT2D eigenvalue weighted by atomic mass is 9.96. The maximum Gasteiger partial charge on any atom is 0.308 e. The van der Waals surface area contributed by atoms with Gasteiger partial charge >= 0.3 is 5.97 Å². The van der Waals surface area contributed by atoms with Crippen LogP contribution in [0.15, 0.2) is 22.7 Å². The minimum atomic E-state index is -0.0674. The summed E-state index contributed by atoms with van der Waals surface area (Å²) in [5.74, 6) is 0.00387. The van der Waals surface area contributed by atoms with Crippen LogP contribution < -0.4 is 4.90 Å². The Hall–Kier alpha value is -1.03. The predicted molar refractivity (Wildman–Crippen MR) is 75.8 cm³/mol. The van der Waals surface area contributed by atoms with Crippen LogP contribution in [0.25, 0.3) is 0 Å². The van der Waals surface area contributed by atoms with Crippen LogP contribution in [-0.4, -0.2) is 26.2 Å². The molecular weight excluding hydrogens is 294 g/mol. The van der Waals surface area contributed by atoms with Gasteiger partial charge in [0.05, 0.1) is 13.0 Å². The highest BCUT2D eigenvalue weighted by atomic mass is 79.9. The highest BCUT2D eigenvalue weighted by Crippen LogP contribution is 2.28. The molecule has 0 bridgehead atoms. The van der Waals surface area contributed by atoms with E-state index in [1.165, 1.54) is 18.4 Å². The molecule has 0 amide bonds. The summed E-state index contributed by atoms with van der Waals surface area (Å²) in [4.78, 5) is 13.8. The SMILES string of the molecule is COC(=O)C1CCN(c2ccc(Br)cc2C)CC1. The Bertz CT molecular complexity index is 439. The van der Waals surface area contributed by atoms with Crippen molar-refractivity contribution < 1.29 is 9.53 Å². The largest absolute Gasteiger partial charge is 0.469 e. The maximum absolute atomic E-state index is 11.5. The molecule has 1 saturated heterocycles. The molecule has 2 rings (SSSR count). The van der Waals surface area contributed by atoms with E-state index >= 15 is 0 Å². The quantitative estimate of drug-likeness (QED) is 0.786. The molecule has 0 unspecified atom stereocenters. The number of rotatable bonds is 2. The number of methoxy groups -OCH3 is 1. The van der Waals surface area contributed by atoms with Gasteiger partial charge in [0.15, 0.2) is 0 Å². The molecule has 98 valence electrons. The molecule has 3 nitrogen and oxygen atoms in total. The van der Waals surface area contributed by atoms with Crippen molar-refractivity contribution in [3.63, 3.8) is 0 Å². The third-order valence-electron chi connectivity index (χ3n) is 3.53. The Morgan fingerprint density at radius 1 is 1.39 bits per heavy atom. The lowest BCUT2D eigenvalue weighted by Crippen LogP contribution is -2.37. The van der Waals surface area contributed by atoms with Crippen molar-refractivity contribution >= 4 is 27.6 Å². The Labute approximate surface area is 116 Å². The van der Waals surface area contributed by atoms with Crippen molar-refractivity contribution in [2.45, 2.75) is 19.8 Å². The highest BCUT2D eigenvalue weighted by Gasteiger charge is 2.26. The Morgan fingerprint density at radius 3 is 2.61 bits per heavy atom. The van der Waals surface area contributed by atoms with Crippen LogP contribution >= 0.6 is 15.9 Å². The number of nitrogens with zero attached hydrogens (tertiary/aromatic N) is 1. The van der Waals surface area contributed by atoms with E-state index in [2.05, 4.69) is 46.0 Å². The van der Waals surface area contributed by atoms with E-state index in [9.17, 15) is 4.79 Å². The average Bonchev–Trinajstić information content (AvgIpc) is 2.38. The van der Waals surface area contributed by atoms with Gasteiger partial charge in [0.25, 0.3) is 0 Å². The van der Waals surface area contributed by atoms with Gasteiger partial charge in [-0.05, 0) is 43.5 Å².